The van der Waals surface area contributed by atoms with Crippen LogP contribution in [0, 0.1) is 0 Å². The molecule has 0 amide bonds. The fraction of sp³-hybridized carbons (Fsp3) is 0.600. The van der Waals surface area contributed by atoms with E-state index in [9.17, 15) is 0 Å². The van der Waals surface area contributed by atoms with Crippen LogP contribution in [-0.4, -0.2) is 48.9 Å². The molecule has 96 valence electrons. The first-order chi connectivity index (χ1) is 8.26. The van der Waals surface area contributed by atoms with Crippen molar-refractivity contribution in [1.82, 2.24) is 15.1 Å². The Balaban J connectivity index is 2.30. The van der Waals surface area contributed by atoms with Gasteiger partial charge in [0, 0.05) is 27.0 Å². The number of nitrogens with zero attached hydrogens (tertiary/aromatic N) is 2. The van der Waals surface area contributed by atoms with Crippen LogP contribution in [0.3, 0.4) is 0 Å². The Hall–Kier alpha value is -1.18. The lowest BCUT2D eigenvalue weighted by Crippen LogP contribution is -2.30. The summed E-state index contributed by atoms with van der Waals surface area (Å²) >= 11 is 5.11. The Morgan fingerprint density at radius 1 is 1.41 bits per heavy atom. The summed E-state index contributed by atoms with van der Waals surface area (Å²) in [4.78, 5) is 0. The number of anilines is 1. The van der Waals surface area contributed by atoms with Gasteiger partial charge in [0.25, 0.3) is 0 Å². The maximum absolute atomic E-state index is 5.11. The maximum atomic E-state index is 5.11. The molecule has 0 bridgehead atoms. The normalized spacial score (nSPS) is 10.2. The quantitative estimate of drug-likeness (QED) is 0.547. The SMILES string of the molecule is COCCNC(=S)Nc1cnn(CCOC)c1. The molecule has 0 saturated heterocycles. The van der Waals surface area contributed by atoms with Crippen LogP contribution in [0.15, 0.2) is 12.4 Å². The van der Waals surface area contributed by atoms with Gasteiger partial charge in [-0.2, -0.15) is 5.10 Å². The van der Waals surface area contributed by atoms with E-state index >= 15 is 0 Å². The molecule has 0 saturated carbocycles. The van der Waals surface area contributed by atoms with Crippen molar-refractivity contribution in [1.29, 1.82) is 0 Å². The molecule has 0 spiro atoms. The lowest BCUT2D eigenvalue weighted by Gasteiger charge is -2.07. The van der Waals surface area contributed by atoms with Crippen molar-refractivity contribution in [2.45, 2.75) is 6.54 Å². The highest BCUT2D eigenvalue weighted by Crippen LogP contribution is 2.04. The smallest absolute Gasteiger partial charge is 0.170 e. The van der Waals surface area contributed by atoms with E-state index < -0.39 is 0 Å². The number of methoxy groups -OCH3 is 2. The Bertz CT molecular complexity index is 343. The molecule has 0 atom stereocenters. The van der Waals surface area contributed by atoms with Crippen molar-refractivity contribution < 1.29 is 9.47 Å². The number of hydrogen-bond donors (Lipinski definition) is 2. The first-order valence-corrected chi connectivity index (χ1v) is 5.72. The highest BCUT2D eigenvalue weighted by atomic mass is 32.1. The fourth-order valence-electron chi connectivity index (χ4n) is 1.18. The van der Waals surface area contributed by atoms with Gasteiger partial charge in [0.1, 0.15) is 0 Å². The average molecular weight is 258 g/mol. The van der Waals surface area contributed by atoms with Gasteiger partial charge >= 0.3 is 0 Å². The van der Waals surface area contributed by atoms with Crippen LogP contribution >= 0.6 is 12.2 Å². The van der Waals surface area contributed by atoms with Gasteiger partial charge in [-0.25, -0.2) is 0 Å². The molecule has 17 heavy (non-hydrogen) atoms. The van der Waals surface area contributed by atoms with Crippen LogP contribution in [-0.2, 0) is 16.0 Å². The van der Waals surface area contributed by atoms with Crippen LogP contribution in [0.2, 0.25) is 0 Å². The molecule has 0 unspecified atom stereocenters. The standard InChI is InChI=1S/C10H18N4O2S/c1-15-5-3-11-10(17)13-9-7-12-14(8-9)4-6-16-2/h7-8H,3-6H2,1-2H3,(H2,11,13,17). The zero-order valence-electron chi connectivity index (χ0n) is 10.1. The molecule has 1 aromatic rings. The van der Waals surface area contributed by atoms with E-state index in [-0.39, 0.29) is 0 Å². The predicted octanol–water partition coefficient (Wildman–Crippen LogP) is 0.462. The van der Waals surface area contributed by atoms with Gasteiger partial charge in [0.05, 0.1) is 31.6 Å². The number of rotatable bonds is 7. The Labute approximate surface area is 106 Å². The van der Waals surface area contributed by atoms with E-state index in [2.05, 4.69) is 15.7 Å². The summed E-state index contributed by atoms with van der Waals surface area (Å²) in [5, 5.41) is 10.8. The van der Waals surface area contributed by atoms with Gasteiger partial charge in [-0.15, -0.1) is 0 Å². The van der Waals surface area contributed by atoms with Gasteiger partial charge < -0.3 is 20.1 Å². The minimum absolute atomic E-state index is 0.563. The summed E-state index contributed by atoms with van der Waals surface area (Å²) in [6.45, 7) is 2.66. The minimum atomic E-state index is 0.563. The molecule has 0 fully saturated rings. The van der Waals surface area contributed by atoms with Crippen molar-refractivity contribution in [2.75, 3.05) is 39.3 Å². The molecule has 0 aliphatic carbocycles. The van der Waals surface area contributed by atoms with Crippen LogP contribution in [0.5, 0.6) is 0 Å². The first kappa shape index (κ1) is 13.9. The van der Waals surface area contributed by atoms with Crippen molar-refractivity contribution in [3.63, 3.8) is 0 Å². The lowest BCUT2D eigenvalue weighted by atomic mass is 10.5. The monoisotopic (exact) mass is 258 g/mol. The molecule has 1 heterocycles. The summed E-state index contributed by atoms with van der Waals surface area (Å²) in [7, 11) is 3.31. The fourth-order valence-corrected chi connectivity index (χ4v) is 1.40. The molecule has 7 heteroatoms. The molecule has 1 aromatic heterocycles. The zero-order valence-corrected chi connectivity index (χ0v) is 10.9. The summed E-state index contributed by atoms with van der Waals surface area (Å²) in [5.74, 6) is 0. The van der Waals surface area contributed by atoms with E-state index in [0.29, 0.717) is 24.9 Å². The largest absolute Gasteiger partial charge is 0.383 e. The molecular weight excluding hydrogens is 240 g/mol. The number of hydrogen-bond acceptors (Lipinski definition) is 4. The van der Waals surface area contributed by atoms with Gasteiger partial charge in [0.15, 0.2) is 5.11 Å². The topological polar surface area (TPSA) is 60.3 Å². The number of ether oxygens (including phenoxy) is 2. The highest BCUT2D eigenvalue weighted by Gasteiger charge is 2.00. The zero-order chi connectivity index (χ0) is 12.5. The summed E-state index contributed by atoms with van der Waals surface area (Å²) in [6, 6.07) is 0. The number of aromatic nitrogens is 2. The van der Waals surface area contributed by atoms with Crippen molar-refractivity contribution in [3.8, 4) is 0 Å². The maximum Gasteiger partial charge on any atom is 0.170 e. The summed E-state index contributed by atoms with van der Waals surface area (Å²) in [6.07, 6.45) is 3.60. The van der Waals surface area contributed by atoms with Crippen LogP contribution < -0.4 is 10.6 Å². The Kier molecular flexibility index (Phi) is 6.53. The van der Waals surface area contributed by atoms with E-state index in [1.807, 2.05) is 6.20 Å². The molecular formula is C10H18N4O2S. The average Bonchev–Trinajstić information content (AvgIpc) is 2.74. The van der Waals surface area contributed by atoms with E-state index in [0.717, 1.165) is 12.2 Å². The molecule has 0 aromatic carbocycles. The van der Waals surface area contributed by atoms with Crippen LogP contribution in [0.4, 0.5) is 5.69 Å². The highest BCUT2D eigenvalue weighted by molar-refractivity contribution is 7.80. The lowest BCUT2D eigenvalue weighted by molar-refractivity contribution is 0.183. The van der Waals surface area contributed by atoms with Crippen LogP contribution in [0.1, 0.15) is 0 Å². The molecule has 0 aliphatic heterocycles. The van der Waals surface area contributed by atoms with E-state index in [1.54, 1.807) is 25.1 Å². The van der Waals surface area contributed by atoms with Crippen molar-refractivity contribution in [2.24, 2.45) is 0 Å². The first-order valence-electron chi connectivity index (χ1n) is 5.31. The molecule has 6 nitrogen and oxygen atoms in total. The minimum Gasteiger partial charge on any atom is -0.383 e. The third-order valence-corrected chi connectivity index (χ3v) is 2.25. The van der Waals surface area contributed by atoms with Gasteiger partial charge in [-0.05, 0) is 12.2 Å². The second-order valence-electron chi connectivity index (χ2n) is 3.36. The van der Waals surface area contributed by atoms with Gasteiger partial charge in [-0.1, -0.05) is 0 Å². The van der Waals surface area contributed by atoms with Gasteiger partial charge in [0.2, 0.25) is 0 Å². The van der Waals surface area contributed by atoms with E-state index in [4.69, 9.17) is 21.7 Å². The Morgan fingerprint density at radius 3 is 2.88 bits per heavy atom. The number of thiocarbonyl (C=S) groups is 1. The van der Waals surface area contributed by atoms with Crippen molar-refractivity contribution in [3.05, 3.63) is 12.4 Å². The van der Waals surface area contributed by atoms with E-state index in [1.165, 1.54) is 0 Å². The summed E-state index contributed by atoms with van der Waals surface area (Å²) < 4.78 is 11.7. The molecule has 2 N–H and O–H groups in total. The second-order valence-corrected chi connectivity index (χ2v) is 3.77. The third-order valence-electron chi connectivity index (χ3n) is 2.01. The van der Waals surface area contributed by atoms with Crippen LogP contribution in [0.25, 0.3) is 0 Å². The predicted molar refractivity (Wildman–Crippen MR) is 70.2 cm³/mol. The number of nitrogens with one attached hydrogen (secondary N) is 2. The van der Waals surface area contributed by atoms with Gasteiger partial charge in [-0.3, -0.25) is 4.68 Å². The Morgan fingerprint density at radius 2 is 2.18 bits per heavy atom. The van der Waals surface area contributed by atoms with Crippen molar-refractivity contribution >= 4 is 23.0 Å². The summed E-state index contributed by atoms with van der Waals surface area (Å²) in [5.41, 5.74) is 0.857. The molecule has 1 rings (SSSR count). The molecule has 0 aliphatic rings. The molecule has 0 radical (unpaired) electrons. The third kappa shape index (κ3) is 5.62. The second kappa shape index (κ2) is 7.99.